The highest BCUT2D eigenvalue weighted by Gasteiger charge is 2.21. The second kappa shape index (κ2) is 8.16. The van der Waals surface area contributed by atoms with Crippen molar-refractivity contribution in [2.75, 3.05) is 32.1 Å². The van der Waals surface area contributed by atoms with Gasteiger partial charge in [-0.05, 0) is 48.9 Å². The fourth-order valence-corrected chi connectivity index (χ4v) is 3.97. The summed E-state index contributed by atoms with van der Waals surface area (Å²) in [5.74, 6) is -0.0359. The maximum atomic E-state index is 13.1. The van der Waals surface area contributed by atoms with E-state index in [4.69, 9.17) is 16.6 Å². The Kier molecular flexibility index (Phi) is 5.91. The average Bonchev–Trinajstić information content (AvgIpc) is 3.01. The number of carbonyl (C=O) groups is 1. The fourth-order valence-electron chi connectivity index (χ4n) is 2.76. The molecular formula is C20H23ClN3OS+. The van der Waals surface area contributed by atoms with E-state index in [1.54, 1.807) is 40.5 Å². The number of fused-ring (bicyclic) bond motifs is 1. The van der Waals surface area contributed by atoms with Gasteiger partial charge in [-0.25, -0.2) is 4.98 Å². The number of quaternary nitrogens is 1. The Labute approximate surface area is 163 Å². The molecule has 0 radical (unpaired) electrons. The Morgan fingerprint density at radius 1 is 1.19 bits per heavy atom. The van der Waals surface area contributed by atoms with Gasteiger partial charge in [-0.2, -0.15) is 0 Å². The topological polar surface area (TPSA) is 37.6 Å². The Hall–Kier alpha value is -1.95. The molecule has 3 aromatic rings. The van der Waals surface area contributed by atoms with Gasteiger partial charge in [-0.3, -0.25) is 9.69 Å². The third-order valence-corrected chi connectivity index (χ3v) is 5.45. The highest BCUT2D eigenvalue weighted by Crippen LogP contribution is 2.30. The van der Waals surface area contributed by atoms with Crippen LogP contribution < -0.4 is 9.80 Å². The Bertz CT molecular complexity index is 905. The van der Waals surface area contributed by atoms with Crippen LogP contribution >= 0.6 is 22.9 Å². The minimum absolute atomic E-state index is 0.0359. The number of hydrogen-bond donors (Lipinski definition) is 1. The summed E-state index contributed by atoms with van der Waals surface area (Å²) in [5, 5.41) is 1.37. The van der Waals surface area contributed by atoms with E-state index >= 15 is 0 Å². The number of halogens is 1. The van der Waals surface area contributed by atoms with Gasteiger partial charge in [0.05, 0.1) is 30.9 Å². The Morgan fingerprint density at radius 2 is 1.92 bits per heavy atom. The van der Waals surface area contributed by atoms with Gasteiger partial charge >= 0.3 is 0 Å². The summed E-state index contributed by atoms with van der Waals surface area (Å²) in [6, 6.07) is 13.2. The van der Waals surface area contributed by atoms with Gasteiger partial charge < -0.3 is 4.90 Å². The zero-order valence-electron chi connectivity index (χ0n) is 15.3. The molecule has 0 saturated heterocycles. The van der Waals surface area contributed by atoms with Crippen LogP contribution in [0.15, 0.2) is 42.5 Å². The highest BCUT2D eigenvalue weighted by molar-refractivity contribution is 7.22. The van der Waals surface area contributed by atoms with Crippen molar-refractivity contribution in [3.8, 4) is 0 Å². The molecule has 0 atom stereocenters. The van der Waals surface area contributed by atoms with E-state index in [2.05, 4.69) is 27.1 Å². The number of aryl methyl sites for hydroxylation is 1. The van der Waals surface area contributed by atoms with Gasteiger partial charge in [0, 0.05) is 23.6 Å². The van der Waals surface area contributed by atoms with Crippen LogP contribution in [0, 0.1) is 6.92 Å². The monoisotopic (exact) mass is 388 g/mol. The molecule has 136 valence electrons. The highest BCUT2D eigenvalue weighted by atomic mass is 35.5. The summed E-state index contributed by atoms with van der Waals surface area (Å²) in [6.07, 6.45) is 0.913. The largest absolute Gasteiger partial charge is 0.340 e. The van der Waals surface area contributed by atoms with Gasteiger partial charge in [-0.1, -0.05) is 29.0 Å². The normalized spacial score (nSPS) is 11.3. The van der Waals surface area contributed by atoms with Crippen molar-refractivity contribution in [2.24, 2.45) is 0 Å². The maximum Gasteiger partial charge on any atom is 0.260 e. The van der Waals surface area contributed by atoms with Gasteiger partial charge in [-0.15, -0.1) is 0 Å². The molecule has 0 aliphatic rings. The molecule has 0 bridgehead atoms. The number of anilines is 1. The number of aromatic nitrogens is 1. The van der Waals surface area contributed by atoms with Crippen molar-refractivity contribution in [2.45, 2.75) is 13.3 Å². The Balaban J connectivity index is 1.92. The standard InChI is InChI=1S/C20H22ClN3OS/c1-14-5-10-17-18(13-14)26-20(22-17)24(12-4-11-23(2)3)19(25)15-6-8-16(21)9-7-15/h5-10,13H,4,11-12H2,1-3H3/p+1. The van der Waals surface area contributed by atoms with Crippen molar-refractivity contribution in [3.05, 3.63) is 58.6 Å². The molecule has 0 spiro atoms. The number of hydrogen-bond acceptors (Lipinski definition) is 3. The lowest BCUT2D eigenvalue weighted by Gasteiger charge is -2.20. The quantitative estimate of drug-likeness (QED) is 0.702. The van der Waals surface area contributed by atoms with E-state index in [0.29, 0.717) is 17.1 Å². The molecule has 0 unspecified atom stereocenters. The van der Waals surface area contributed by atoms with Gasteiger partial charge in [0.25, 0.3) is 5.91 Å². The minimum atomic E-state index is -0.0359. The molecule has 4 nitrogen and oxygen atoms in total. The number of nitrogens with zero attached hydrogens (tertiary/aromatic N) is 2. The van der Waals surface area contributed by atoms with Crippen molar-refractivity contribution in [1.29, 1.82) is 0 Å². The van der Waals surface area contributed by atoms with Crippen molar-refractivity contribution in [3.63, 3.8) is 0 Å². The van der Waals surface area contributed by atoms with Crippen LogP contribution in [0.4, 0.5) is 5.13 Å². The van der Waals surface area contributed by atoms with Crippen LogP contribution in [0.25, 0.3) is 10.2 Å². The third-order valence-electron chi connectivity index (χ3n) is 4.16. The fraction of sp³-hybridized carbons (Fsp3) is 0.300. The number of amides is 1. The number of nitrogens with one attached hydrogen (secondary N) is 1. The number of thiazole rings is 1. The molecule has 1 amide bonds. The predicted molar refractivity (Wildman–Crippen MR) is 110 cm³/mol. The molecule has 0 saturated carbocycles. The molecule has 2 aromatic carbocycles. The predicted octanol–water partition coefficient (Wildman–Crippen LogP) is 3.44. The molecule has 0 aliphatic carbocycles. The van der Waals surface area contributed by atoms with E-state index in [1.807, 2.05) is 12.1 Å². The van der Waals surface area contributed by atoms with Crippen LogP contribution in [-0.4, -0.2) is 38.1 Å². The first-order valence-electron chi connectivity index (χ1n) is 8.67. The molecule has 0 aliphatic heterocycles. The second-order valence-electron chi connectivity index (χ2n) is 6.74. The zero-order valence-corrected chi connectivity index (χ0v) is 16.8. The number of rotatable bonds is 6. The van der Waals surface area contributed by atoms with Crippen molar-refractivity contribution >= 4 is 44.2 Å². The molecule has 1 N–H and O–H groups in total. The number of carbonyl (C=O) groups excluding carboxylic acids is 1. The van der Waals surface area contributed by atoms with E-state index in [9.17, 15) is 4.79 Å². The van der Waals surface area contributed by atoms with E-state index in [1.165, 1.54) is 10.5 Å². The van der Waals surface area contributed by atoms with Crippen LogP contribution in [0.2, 0.25) is 5.02 Å². The molecule has 3 rings (SSSR count). The van der Waals surface area contributed by atoms with Crippen LogP contribution in [-0.2, 0) is 0 Å². The summed E-state index contributed by atoms with van der Waals surface area (Å²) in [7, 11) is 4.23. The molecule has 26 heavy (non-hydrogen) atoms. The molecule has 6 heteroatoms. The summed E-state index contributed by atoms with van der Waals surface area (Å²) in [4.78, 5) is 21.0. The number of benzene rings is 2. The Morgan fingerprint density at radius 3 is 2.62 bits per heavy atom. The van der Waals surface area contributed by atoms with Crippen LogP contribution in [0.1, 0.15) is 22.3 Å². The first-order valence-corrected chi connectivity index (χ1v) is 9.87. The maximum absolute atomic E-state index is 13.1. The summed E-state index contributed by atoms with van der Waals surface area (Å²) >= 11 is 7.53. The van der Waals surface area contributed by atoms with E-state index in [-0.39, 0.29) is 5.91 Å². The van der Waals surface area contributed by atoms with Gasteiger partial charge in [0.2, 0.25) is 0 Å². The first kappa shape index (κ1) is 18.8. The molecule has 1 aromatic heterocycles. The second-order valence-corrected chi connectivity index (χ2v) is 8.19. The minimum Gasteiger partial charge on any atom is -0.340 e. The smallest absolute Gasteiger partial charge is 0.260 e. The SMILES string of the molecule is Cc1ccc2nc(N(CCC[NH+](C)C)C(=O)c3ccc(Cl)cc3)sc2c1. The lowest BCUT2D eigenvalue weighted by molar-refractivity contribution is -0.858. The van der Waals surface area contributed by atoms with E-state index in [0.717, 1.165) is 28.3 Å². The summed E-state index contributed by atoms with van der Waals surface area (Å²) < 4.78 is 1.10. The van der Waals surface area contributed by atoms with Crippen molar-refractivity contribution < 1.29 is 9.69 Å². The van der Waals surface area contributed by atoms with Crippen LogP contribution in [0.5, 0.6) is 0 Å². The summed E-state index contributed by atoms with van der Waals surface area (Å²) in [6.45, 7) is 3.70. The average molecular weight is 389 g/mol. The summed E-state index contributed by atoms with van der Waals surface area (Å²) in [5.41, 5.74) is 2.75. The first-order chi connectivity index (χ1) is 12.4. The zero-order chi connectivity index (χ0) is 18.7. The van der Waals surface area contributed by atoms with Crippen LogP contribution in [0.3, 0.4) is 0 Å². The molecule has 1 heterocycles. The lowest BCUT2D eigenvalue weighted by Crippen LogP contribution is -3.05. The molecule has 0 fully saturated rings. The lowest BCUT2D eigenvalue weighted by atomic mass is 10.2. The van der Waals surface area contributed by atoms with Gasteiger partial charge in [0.1, 0.15) is 0 Å². The molecular weight excluding hydrogens is 366 g/mol. The third kappa shape index (κ3) is 4.41. The van der Waals surface area contributed by atoms with Crippen molar-refractivity contribution in [1.82, 2.24) is 4.98 Å². The van der Waals surface area contributed by atoms with E-state index < -0.39 is 0 Å². The van der Waals surface area contributed by atoms with Gasteiger partial charge in [0.15, 0.2) is 5.13 Å².